The third-order valence-corrected chi connectivity index (χ3v) is 1.43. The first kappa shape index (κ1) is 13.9. The van der Waals surface area contributed by atoms with Crippen LogP contribution in [0.1, 0.15) is 25.8 Å². The van der Waals surface area contributed by atoms with Crippen molar-refractivity contribution in [2.45, 2.75) is 27.2 Å². The number of hydrogen-bond acceptors (Lipinski definition) is 0. The second-order valence-electron chi connectivity index (χ2n) is 2.90. The van der Waals surface area contributed by atoms with Crippen LogP contribution in [0, 0.1) is 36.0 Å². The molecule has 0 saturated heterocycles. The van der Waals surface area contributed by atoms with E-state index in [-0.39, 0.29) is 0 Å². The Hall–Kier alpha value is -1.13. The summed E-state index contributed by atoms with van der Waals surface area (Å²) < 4.78 is 61.6. The van der Waals surface area contributed by atoms with E-state index in [9.17, 15) is 22.0 Å². The first-order valence-corrected chi connectivity index (χ1v) is 4.36. The molecular weight excluding hydrogens is 215 g/mol. The van der Waals surface area contributed by atoms with Crippen molar-refractivity contribution in [2.24, 2.45) is 0 Å². The maximum absolute atomic E-state index is 12.4. The molecule has 0 atom stereocenters. The van der Waals surface area contributed by atoms with E-state index in [4.69, 9.17) is 0 Å². The summed E-state index contributed by atoms with van der Waals surface area (Å²) in [6.45, 7) is 5.07. The van der Waals surface area contributed by atoms with Gasteiger partial charge in [-0.05, 0) is 6.92 Å². The van der Waals surface area contributed by atoms with Gasteiger partial charge in [-0.25, -0.2) is 22.0 Å². The minimum absolute atomic E-state index is 0.816. The summed E-state index contributed by atoms with van der Waals surface area (Å²) in [4.78, 5) is 0. The zero-order valence-corrected chi connectivity index (χ0v) is 8.60. The van der Waals surface area contributed by atoms with E-state index in [0.717, 1.165) is 6.92 Å². The SMILES string of the molecule is CCC.Cc1c(F)c(F)c(F)c(F)c1F. The topological polar surface area (TPSA) is 0 Å². The molecule has 1 aromatic rings. The zero-order valence-electron chi connectivity index (χ0n) is 8.60. The molecule has 1 aromatic carbocycles. The number of benzene rings is 1. The van der Waals surface area contributed by atoms with Crippen LogP contribution >= 0.6 is 0 Å². The van der Waals surface area contributed by atoms with Crippen molar-refractivity contribution in [3.05, 3.63) is 34.6 Å². The molecule has 0 heterocycles. The zero-order chi connectivity index (χ0) is 12.2. The van der Waals surface area contributed by atoms with E-state index in [1.54, 1.807) is 0 Å². The normalized spacial score (nSPS) is 9.60. The van der Waals surface area contributed by atoms with E-state index >= 15 is 0 Å². The Labute approximate surface area is 84.7 Å². The molecule has 0 unspecified atom stereocenters. The Balaban J connectivity index is 0.000000583. The van der Waals surface area contributed by atoms with Crippen LogP contribution in [-0.2, 0) is 0 Å². The van der Waals surface area contributed by atoms with Crippen molar-refractivity contribution in [1.29, 1.82) is 0 Å². The second-order valence-corrected chi connectivity index (χ2v) is 2.90. The lowest BCUT2D eigenvalue weighted by Gasteiger charge is -2.02. The Kier molecular flexibility index (Phi) is 5.25. The van der Waals surface area contributed by atoms with Crippen LogP contribution < -0.4 is 0 Å². The predicted octanol–water partition coefficient (Wildman–Crippen LogP) is 4.11. The van der Waals surface area contributed by atoms with Crippen molar-refractivity contribution in [3.8, 4) is 0 Å². The van der Waals surface area contributed by atoms with E-state index in [0.29, 0.717) is 0 Å². The van der Waals surface area contributed by atoms with Gasteiger partial charge in [0.1, 0.15) is 0 Å². The largest absolute Gasteiger partial charge is 0.203 e. The lowest BCUT2D eigenvalue weighted by atomic mass is 10.2. The molecule has 0 bridgehead atoms. The molecule has 15 heavy (non-hydrogen) atoms. The van der Waals surface area contributed by atoms with E-state index in [1.165, 1.54) is 6.42 Å². The van der Waals surface area contributed by atoms with Gasteiger partial charge in [0, 0.05) is 5.56 Å². The van der Waals surface area contributed by atoms with Gasteiger partial charge in [0.05, 0.1) is 0 Å². The summed E-state index contributed by atoms with van der Waals surface area (Å²) >= 11 is 0. The maximum atomic E-state index is 12.4. The van der Waals surface area contributed by atoms with E-state index in [1.807, 2.05) is 0 Å². The third-order valence-electron chi connectivity index (χ3n) is 1.43. The predicted molar refractivity (Wildman–Crippen MR) is 46.9 cm³/mol. The fourth-order valence-corrected chi connectivity index (χ4v) is 0.715. The van der Waals surface area contributed by atoms with Gasteiger partial charge >= 0.3 is 0 Å². The van der Waals surface area contributed by atoms with Gasteiger partial charge in [0.25, 0.3) is 0 Å². The molecule has 0 aromatic heterocycles. The van der Waals surface area contributed by atoms with Crippen LogP contribution in [0.2, 0.25) is 0 Å². The average molecular weight is 226 g/mol. The Morgan fingerprint density at radius 3 is 1.13 bits per heavy atom. The van der Waals surface area contributed by atoms with Crippen LogP contribution in [0.15, 0.2) is 0 Å². The highest BCUT2D eigenvalue weighted by atomic mass is 19.2. The lowest BCUT2D eigenvalue weighted by molar-refractivity contribution is 0.373. The van der Waals surface area contributed by atoms with Crippen molar-refractivity contribution < 1.29 is 22.0 Å². The highest BCUT2D eigenvalue weighted by Crippen LogP contribution is 2.21. The summed E-state index contributed by atoms with van der Waals surface area (Å²) in [5, 5.41) is 0. The first-order chi connectivity index (χ1) is 6.88. The summed E-state index contributed by atoms with van der Waals surface area (Å²) in [6.07, 6.45) is 1.25. The number of halogens is 5. The molecule has 0 aliphatic carbocycles. The number of rotatable bonds is 0. The molecular formula is C10H11F5. The van der Waals surface area contributed by atoms with Crippen LogP contribution in [-0.4, -0.2) is 0 Å². The van der Waals surface area contributed by atoms with Crippen molar-refractivity contribution in [3.63, 3.8) is 0 Å². The Bertz CT molecular complexity index is 241. The van der Waals surface area contributed by atoms with Gasteiger partial charge in [-0.15, -0.1) is 0 Å². The first-order valence-electron chi connectivity index (χ1n) is 4.36. The summed E-state index contributed by atoms with van der Waals surface area (Å²) in [5.74, 6) is -9.52. The molecule has 0 saturated carbocycles. The lowest BCUT2D eigenvalue weighted by Crippen LogP contribution is -2.03. The number of hydrogen-bond donors (Lipinski definition) is 0. The average Bonchev–Trinajstić information content (AvgIpc) is 2.22. The van der Waals surface area contributed by atoms with Crippen molar-refractivity contribution >= 4 is 0 Å². The van der Waals surface area contributed by atoms with Crippen LogP contribution in [0.25, 0.3) is 0 Å². The van der Waals surface area contributed by atoms with Gasteiger partial charge < -0.3 is 0 Å². The molecule has 0 fully saturated rings. The molecule has 0 aliphatic rings. The molecule has 1 rings (SSSR count). The molecule has 0 aliphatic heterocycles. The molecule has 0 N–H and O–H groups in total. The summed E-state index contributed by atoms with van der Waals surface area (Å²) in [7, 11) is 0. The fraction of sp³-hybridized carbons (Fsp3) is 0.400. The molecule has 0 radical (unpaired) electrons. The second kappa shape index (κ2) is 5.68. The van der Waals surface area contributed by atoms with Gasteiger partial charge in [-0.3, -0.25) is 0 Å². The van der Waals surface area contributed by atoms with Gasteiger partial charge in [0.15, 0.2) is 23.3 Å². The molecule has 86 valence electrons. The third kappa shape index (κ3) is 2.91. The molecule has 5 heteroatoms. The summed E-state index contributed by atoms with van der Waals surface area (Å²) in [5.41, 5.74) is -0.869. The van der Waals surface area contributed by atoms with Gasteiger partial charge in [-0.2, -0.15) is 0 Å². The maximum Gasteiger partial charge on any atom is 0.200 e. The monoisotopic (exact) mass is 226 g/mol. The fourth-order valence-electron chi connectivity index (χ4n) is 0.715. The minimum atomic E-state index is -2.13. The standard InChI is InChI=1S/C7H3F5.C3H8/c1-2-3(8)5(10)7(12)6(11)4(2)9;1-3-2/h1H3;3H2,1-2H3. The summed E-state index contributed by atoms with van der Waals surface area (Å²) in [6, 6.07) is 0. The quantitative estimate of drug-likeness (QED) is 0.355. The minimum Gasteiger partial charge on any atom is -0.203 e. The van der Waals surface area contributed by atoms with E-state index < -0.39 is 34.6 Å². The van der Waals surface area contributed by atoms with Crippen LogP contribution in [0.4, 0.5) is 22.0 Å². The molecule has 0 nitrogen and oxygen atoms in total. The molecule has 0 spiro atoms. The van der Waals surface area contributed by atoms with Crippen molar-refractivity contribution in [1.82, 2.24) is 0 Å². The molecule has 0 amide bonds. The Morgan fingerprint density at radius 2 is 0.867 bits per heavy atom. The van der Waals surface area contributed by atoms with Crippen LogP contribution in [0.5, 0.6) is 0 Å². The Morgan fingerprint density at radius 1 is 0.667 bits per heavy atom. The van der Waals surface area contributed by atoms with Gasteiger partial charge in [0.2, 0.25) is 5.82 Å². The highest BCUT2D eigenvalue weighted by molar-refractivity contribution is 5.22. The van der Waals surface area contributed by atoms with Gasteiger partial charge in [-0.1, -0.05) is 20.3 Å². The smallest absolute Gasteiger partial charge is 0.200 e. The van der Waals surface area contributed by atoms with Crippen LogP contribution in [0.3, 0.4) is 0 Å². The van der Waals surface area contributed by atoms with E-state index in [2.05, 4.69) is 13.8 Å². The highest BCUT2D eigenvalue weighted by Gasteiger charge is 2.22. The van der Waals surface area contributed by atoms with Crippen molar-refractivity contribution in [2.75, 3.05) is 0 Å².